The Balaban J connectivity index is 1.38. The minimum Gasteiger partial charge on any atom is -0.465 e. The average molecular weight is 517 g/mol. The normalized spacial score (nSPS) is 52.9. The number of ether oxygens (including phenoxy) is 6. The minimum absolute atomic E-state index is 0.0280. The van der Waals surface area contributed by atoms with Crippen molar-refractivity contribution in [2.75, 3.05) is 13.7 Å². The molecule has 5 heterocycles. The Labute approximate surface area is 214 Å². The monoisotopic (exact) mass is 516 g/mol. The predicted molar refractivity (Wildman–Crippen MR) is 121 cm³/mol. The number of hydrogen-bond donors (Lipinski definition) is 0. The van der Waals surface area contributed by atoms with E-state index in [2.05, 4.69) is 0 Å². The van der Waals surface area contributed by atoms with Gasteiger partial charge >= 0.3 is 17.9 Å². The molecule has 5 aliphatic heterocycles. The van der Waals surface area contributed by atoms with E-state index >= 15 is 0 Å². The summed E-state index contributed by atoms with van der Waals surface area (Å²) in [5, 5.41) is 0. The topological polar surface area (TPSA) is 127 Å². The number of methoxy groups -OCH3 is 1. The third kappa shape index (κ3) is 2.44. The number of epoxide rings is 1. The first kappa shape index (κ1) is 23.8. The van der Waals surface area contributed by atoms with Crippen LogP contribution in [0.2, 0.25) is 0 Å². The van der Waals surface area contributed by atoms with Crippen molar-refractivity contribution in [3.63, 3.8) is 0 Å². The molecule has 0 aromatic heterocycles. The highest BCUT2D eigenvalue weighted by molar-refractivity contribution is 5.94. The van der Waals surface area contributed by atoms with Crippen LogP contribution in [0.25, 0.3) is 0 Å². The molecule has 10 heteroatoms. The quantitative estimate of drug-likeness (QED) is 0.304. The summed E-state index contributed by atoms with van der Waals surface area (Å²) >= 11 is 0. The summed E-state index contributed by atoms with van der Waals surface area (Å²) < 4.78 is 35.2. The summed E-state index contributed by atoms with van der Waals surface area (Å²) in [6.07, 6.45) is -0.211. The van der Waals surface area contributed by atoms with Gasteiger partial charge in [0.15, 0.2) is 6.10 Å². The second-order valence-electron chi connectivity index (χ2n) is 12.8. The van der Waals surface area contributed by atoms with Gasteiger partial charge in [0.05, 0.1) is 23.5 Å². The lowest BCUT2D eigenvalue weighted by atomic mass is 9.37. The molecular weight excluding hydrogens is 484 g/mol. The van der Waals surface area contributed by atoms with Crippen molar-refractivity contribution in [3.05, 3.63) is 11.6 Å². The number of fused-ring (bicyclic) bond motifs is 1. The molecule has 10 nitrogen and oxygen atoms in total. The Morgan fingerprint density at radius 2 is 1.70 bits per heavy atom. The van der Waals surface area contributed by atoms with Gasteiger partial charge < -0.3 is 28.4 Å². The second-order valence-corrected chi connectivity index (χ2v) is 12.8. The van der Waals surface area contributed by atoms with Crippen LogP contribution in [-0.4, -0.2) is 73.2 Å². The van der Waals surface area contributed by atoms with Crippen molar-refractivity contribution in [2.45, 2.75) is 89.2 Å². The molecule has 37 heavy (non-hydrogen) atoms. The molecule has 0 amide bonds. The summed E-state index contributed by atoms with van der Waals surface area (Å²) in [4.78, 5) is 52.1. The van der Waals surface area contributed by atoms with Crippen molar-refractivity contribution >= 4 is 23.7 Å². The van der Waals surface area contributed by atoms with Crippen LogP contribution in [0, 0.1) is 28.1 Å². The molecule has 0 aromatic carbocycles. The second kappa shape index (κ2) is 6.82. The van der Waals surface area contributed by atoms with Crippen molar-refractivity contribution in [3.8, 4) is 0 Å². The van der Waals surface area contributed by atoms with E-state index in [1.165, 1.54) is 13.2 Å². The highest BCUT2D eigenvalue weighted by Crippen LogP contribution is 2.78. The molecule has 6 fully saturated rings. The molecule has 0 bridgehead atoms. The summed E-state index contributed by atoms with van der Waals surface area (Å²) in [5.41, 5.74) is -3.76. The van der Waals surface area contributed by atoms with Gasteiger partial charge in [-0.2, -0.15) is 0 Å². The first-order valence-corrected chi connectivity index (χ1v) is 13.1. The third-order valence-electron chi connectivity index (χ3n) is 11.2. The lowest BCUT2D eigenvalue weighted by Gasteiger charge is -2.65. The van der Waals surface area contributed by atoms with Crippen LogP contribution in [0.5, 0.6) is 0 Å². The predicted octanol–water partition coefficient (Wildman–Crippen LogP) is 1.63. The van der Waals surface area contributed by atoms with Crippen LogP contribution in [0.3, 0.4) is 0 Å². The van der Waals surface area contributed by atoms with Gasteiger partial charge in [0.25, 0.3) is 0 Å². The highest BCUT2D eigenvalue weighted by atomic mass is 16.7. The van der Waals surface area contributed by atoms with Gasteiger partial charge in [-0.1, -0.05) is 6.92 Å². The van der Waals surface area contributed by atoms with E-state index in [4.69, 9.17) is 28.4 Å². The van der Waals surface area contributed by atoms with Crippen molar-refractivity contribution < 1.29 is 47.6 Å². The molecular formula is C27H32O10. The van der Waals surface area contributed by atoms with Crippen molar-refractivity contribution in [1.82, 2.24) is 0 Å². The highest BCUT2D eigenvalue weighted by Gasteiger charge is 2.90. The van der Waals surface area contributed by atoms with E-state index in [1.807, 2.05) is 27.7 Å². The molecule has 4 saturated heterocycles. The van der Waals surface area contributed by atoms with E-state index in [9.17, 15) is 19.2 Å². The maximum absolute atomic E-state index is 14.3. The zero-order valence-corrected chi connectivity index (χ0v) is 21.7. The van der Waals surface area contributed by atoms with Gasteiger partial charge in [-0.25, -0.2) is 9.59 Å². The third-order valence-corrected chi connectivity index (χ3v) is 11.2. The Morgan fingerprint density at radius 1 is 0.946 bits per heavy atom. The molecule has 2 spiro atoms. The van der Waals surface area contributed by atoms with E-state index in [0.717, 1.165) is 0 Å². The lowest BCUT2D eigenvalue weighted by Crippen LogP contribution is -2.74. The van der Waals surface area contributed by atoms with Gasteiger partial charge in [0.2, 0.25) is 6.29 Å². The molecule has 10 atom stereocenters. The largest absolute Gasteiger partial charge is 0.465 e. The molecule has 2 saturated carbocycles. The smallest absolute Gasteiger partial charge is 0.339 e. The van der Waals surface area contributed by atoms with E-state index in [1.54, 1.807) is 0 Å². The maximum Gasteiger partial charge on any atom is 0.339 e. The van der Waals surface area contributed by atoms with Crippen LogP contribution < -0.4 is 0 Å². The van der Waals surface area contributed by atoms with Gasteiger partial charge in [0.1, 0.15) is 24.1 Å². The Morgan fingerprint density at radius 3 is 2.43 bits per heavy atom. The Bertz CT molecular complexity index is 1190. The minimum atomic E-state index is -1.14. The van der Waals surface area contributed by atoms with E-state index in [0.29, 0.717) is 18.4 Å². The van der Waals surface area contributed by atoms with Gasteiger partial charge in [-0.05, 0) is 39.5 Å². The van der Waals surface area contributed by atoms with Gasteiger partial charge in [-0.3, -0.25) is 9.59 Å². The number of carbonyl (C=O) groups excluding carboxylic acids is 4. The molecule has 0 radical (unpaired) electrons. The van der Waals surface area contributed by atoms with Crippen molar-refractivity contribution in [1.29, 1.82) is 0 Å². The average Bonchev–Trinajstić information content (AvgIpc) is 3.45. The molecule has 7 aliphatic rings. The number of cyclic esters (lactones) is 3. The number of hydrogen-bond acceptors (Lipinski definition) is 10. The van der Waals surface area contributed by atoms with Crippen molar-refractivity contribution in [2.24, 2.45) is 28.1 Å². The molecule has 200 valence electrons. The van der Waals surface area contributed by atoms with E-state index in [-0.39, 0.29) is 49.1 Å². The Kier molecular flexibility index (Phi) is 4.38. The zero-order chi connectivity index (χ0) is 26.3. The summed E-state index contributed by atoms with van der Waals surface area (Å²) in [6, 6.07) is 0. The van der Waals surface area contributed by atoms with Crippen LogP contribution >= 0.6 is 0 Å². The number of Topliss-reactive ketones (excluding diaryl/α,β-unsaturated/α-hetero) is 1. The van der Waals surface area contributed by atoms with Crippen LogP contribution in [0.4, 0.5) is 0 Å². The number of esters is 3. The summed E-state index contributed by atoms with van der Waals surface area (Å²) in [5.74, 6) is -1.75. The molecule has 0 aromatic rings. The van der Waals surface area contributed by atoms with Gasteiger partial charge in [0, 0.05) is 41.9 Å². The fourth-order valence-electron chi connectivity index (χ4n) is 9.71. The first-order valence-electron chi connectivity index (χ1n) is 13.1. The lowest BCUT2D eigenvalue weighted by molar-refractivity contribution is -0.223. The molecule has 2 aliphatic carbocycles. The summed E-state index contributed by atoms with van der Waals surface area (Å²) in [7, 11) is 1.42. The standard InChI is InChI=1S/C27H32O10/c1-23(2)14-9-15(28)25(4)13(26(14)11-33-17(29)10-16(26)36-23)6-7-24(3)19(12-8-18(30)34-22(12)32-5)35-21(31)20-27(24,25)37-20/h8,13-14,16,19-20,22H,6-7,9-11H2,1-5H3. The molecule has 0 N–H and O–H groups in total. The fourth-order valence-corrected chi connectivity index (χ4v) is 9.71. The number of rotatable bonds is 2. The Hall–Kier alpha value is -2.30. The van der Waals surface area contributed by atoms with Gasteiger partial charge in [-0.15, -0.1) is 0 Å². The summed E-state index contributed by atoms with van der Waals surface area (Å²) in [6.45, 7) is 8.06. The SMILES string of the molecule is COC1OC(=O)C=C1C1OC(=O)C2OC23C1(C)CCC1C24COC(=O)CC2OC(C)(C)C4CC(=O)C13C. The molecule has 10 unspecified atom stereocenters. The first-order chi connectivity index (χ1) is 17.4. The van der Waals surface area contributed by atoms with E-state index < -0.39 is 57.9 Å². The van der Waals surface area contributed by atoms with Crippen LogP contribution in [-0.2, 0) is 47.6 Å². The number of ketones is 1. The van der Waals surface area contributed by atoms with Crippen LogP contribution in [0.15, 0.2) is 11.6 Å². The fraction of sp³-hybridized carbons (Fsp3) is 0.778. The molecule has 7 rings (SSSR count). The number of carbonyl (C=O) groups is 4. The maximum atomic E-state index is 14.3. The zero-order valence-electron chi connectivity index (χ0n) is 21.7. The van der Waals surface area contributed by atoms with Crippen LogP contribution in [0.1, 0.15) is 53.4 Å².